The molecule has 1 saturated carbocycles. The highest BCUT2D eigenvalue weighted by Crippen LogP contribution is 2.45. The molecule has 0 radical (unpaired) electrons. The van der Waals surface area contributed by atoms with Gasteiger partial charge in [0, 0.05) is 17.0 Å². The second kappa shape index (κ2) is 6.50. The zero-order valence-corrected chi connectivity index (χ0v) is 14.3. The fourth-order valence-electron chi connectivity index (χ4n) is 2.69. The maximum absolute atomic E-state index is 9.39. The van der Waals surface area contributed by atoms with Crippen molar-refractivity contribution >= 4 is 33.9 Å². The van der Waals surface area contributed by atoms with Crippen molar-refractivity contribution < 1.29 is 9.84 Å². The first-order chi connectivity index (χ1) is 12.2. The van der Waals surface area contributed by atoms with Gasteiger partial charge in [0.15, 0.2) is 0 Å². The Morgan fingerprint density at radius 1 is 1.16 bits per heavy atom. The molecule has 0 aliphatic heterocycles. The summed E-state index contributed by atoms with van der Waals surface area (Å²) in [7, 11) is 0. The zero-order valence-electron chi connectivity index (χ0n) is 13.6. The highest BCUT2D eigenvalue weighted by molar-refractivity contribution is 6.29. The first-order valence-electron chi connectivity index (χ1n) is 8.19. The number of rotatable bonds is 6. The number of aliphatic hydroxyl groups is 1. The molecule has 25 heavy (non-hydrogen) atoms. The molecule has 1 aliphatic rings. The summed E-state index contributed by atoms with van der Waals surface area (Å²) < 4.78 is 5.88. The van der Waals surface area contributed by atoms with E-state index in [1.807, 2.05) is 30.3 Å². The van der Waals surface area contributed by atoms with Crippen LogP contribution in [0.15, 0.2) is 48.8 Å². The number of aromatic nitrogens is 2. The Morgan fingerprint density at radius 3 is 2.76 bits per heavy atom. The van der Waals surface area contributed by atoms with Crippen molar-refractivity contribution in [1.82, 2.24) is 9.97 Å². The van der Waals surface area contributed by atoms with Gasteiger partial charge in [0.25, 0.3) is 0 Å². The highest BCUT2D eigenvalue weighted by Gasteiger charge is 2.42. The molecule has 0 unspecified atom stereocenters. The lowest BCUT2D eigenvalue weighted by molar-refractivity contribution is 0.147. The molecule has 0 amide bonds. The highest BCUT2D eigenvalue weighted by atomic mass is 35.5. The molecule has 0 bridgehead atoms. The van der Waals surface area contributed by atoms with Crippen LogP contribution < -0.4 is 10.1 Å². The van der Waals surface area contributed by atoms with Crippen molar-refractivity contribution in [3.63, 3.8) is 0 Å². The first-order valence-corrected chi connectivity index (χ1v) is 8.56. The van der Waals surface area contributed by atoms with E-state index in [1.165, 1.54) is 0 Å². The van der Waals surface area contributed by atoms with Gasteiger partial charge in [-0.15, -0.1) is 0 Å². The van der Waals surface area contributed by atoms with Crippen LogP contribution in [0.1, 0.15) is 12.8 Å². The third-order valence-electron chi connectivity index (χ3n) is 4.56. The molecule has 6 heteroatoms. The molecule has 128 valence electrons. The van der Waals surface area contributed by atoms with E-state index < -0.39 is 0 Å². The summed E-state index contributed by atoms with van der Waals surface area (Å²) in [5.74, 6) is 1.56. The van der Waals surface area contributed by atoms with Crippen molar-refractivity contribution in [2.24, 2.45) is 5.41 Å². The van der Waals surface area contributed by atoms with Crippen LogP contribution in [0.2, 0.25) is 5.15 Å². The lowest BCUT2D eigenvalue weighted by Gasteiger charge is -2.14. The van der Waals surface area contributed by atoms with Crippen LogP contribution in [0.4, 0.5) is 11.5 Å². The Hall–Kier alpha value is -2.37. The molecule has 4 rings (SSSR count). The molecule has 1 aromatic carbocycles. The van der Waals surface area contributed by atoms with Crippen LogP contribution in [0.3, 0.4) is 0 Å². The van der Waals surface area contributed by atoms with Gasteiger partial charge in [0.1, 0.15) is 16.7 Å². The van der Waals surface area contributed by atoms with Gasteiger partial charge in [0.2, 0.25) is 0 Å². The number of benzene rings is 1. The maximum atomic E-state index is 9.39. The second-order valence-corrected chi connectivity index (χ2v) is 6.87. The van der Waals surface area contributed by atoms with E-state index in [4.69, 9.17) is 16.3 Å². The van der Waals surface area contributed by atoms with Crippen molar-refractivity contribution in [2.75, 3.05) is 18.5 Å². The minimum Gasteiger partial charge on any atom is -0.493 e. The Morgan fingerprint density at radius 2 is 2.04 bits per heavy atom. The third-order valence-corrected chi connectivity index (χ3v) is 4.79. The quantitative estimate of drug-likeness (QED) is 0.649. The normalized spacial score (nSPS) is 15.1. The number of nitrogens with one attached hydrogen (secondary N) is 1. The Balaban J connectivity index is 1.56. The molecule has 2 aromatic heterocycles. The van der Waals surface area contributed by atoms with E-state index >= 15 is 0 Å². The van der Waals surface area contributed by atoms with Crippen LogP contribution in [-0.4, -0.2) is 28.3 Å². The van der Waals surface area contributed by atoms with Crippen LogP contribution >= 0.6 is 11.6 Å². The van der Waals surface area contributed by atoms with Crippen LogP contribution in [0, 0.1) is 5.41 Å². The van der Waals surface area contributed by atoms with Gasteiger partial charge in [0.05, 0.1) is 25.1 Å². The molecular formula is C19H18ClN3O2. The molecule has 5 nitrogen and oxygen atoms in total. The molecule has 1 aliphatic carbocycles. The monoisotopic (exact) mass is 355 g/mol. The standard InChI is InChI=1S/C19H18ClN3O2/c20-17-4-1-14(10-22-17)23-18-16-3-2-15(9-13(16)5-8-21-18)25-12-19(11-24)6-7-19/h1-5,8-10,24H,6-7,11-12H2,(H,21,23). The average molecular weight is 356 g/mol. The van der Waals surface area contributed by atoms with Gasteiger partial charge in [-0.25, -0.2) is 9.97 Å². The molecule has 1 fully saturated rings. The van der Waals surface area contributed by atoms with E-state index in [-0.39, 0.29) is 12.0 Å². The van der Waals surface area contributed by atoms with Gasteiger partial charge < -0.3 is 15.2 Å². The lowest BCUT2D eigenvalue weighted by Crippen LogP contribution is -2.16. The lowest BCUT2D eigenvalue weighted by atomic mass is 10.1. The van der Waals surface area contributed by atoms with Crippen molar-refractivity contribution in [3.05, 3.63) is 53.9 Å². The van der Waals surface area contributed by atoms with E-state index in [2.05, 4.69) is 15.3 Å². The van der Waals surface area contributed by atoms with Crippen LogP contribution in [-0.2, 0) is 0 Å². The molecule has 2 heterocycles. The fraction of sp³-hybridized carbons (Fsp3) is 0.263. The number of hydrogen-bond donors (Lipinski definition) is 2. The van der Waals surface area contributed by atoms with E-state index in [1.54, 1.807) is 18.5 Å². The Kier molecular flexibility index (Phi) is 4.19. The topological polar surface area (TPSA) is 67.3 Å². The van der Waals surface area contributed by atoms with Crippen molar-refractivity contribution in [2.45, 2.75) is 12.8 Å². The number of ether oxygens (including phenoxy) is 1. The fourth-order valence-corrected chi connectivity index (χ4v) is 2.80. The van der Waals surface area contributed by atoms with Crippen molar-refractivity contribution in [1.29, 1.82) is 0 Å². The second-order valence-electron chi connectivity index (χ2n) is 6.48. The Bertz CT molecular complexity index is 895. The molecule has 3 aromatic rings. The predicted molar refractivity (Wildman–Crippen MR) is 98.5 cm³/mol. The van der Waals surface area contributed by atoms with Gasteiger partial charge in [-0.05, 0) is 54.6 Å². The largest absolute Gasteiger partial charge is 0.493 e. The number of nitrogens with zero attached hydrogens (tertiary/aromatic N) is 2. The summed E-state index contributed by atoms with van der Waals surface area (Å²) in [4.78, 5) is 8.48. The van der Waals surface area contributed by atoms with Gasteiger partial charge in [-0.1, -0.05) is 11.6 Å². The summed E-state index contributed by atoms with van der Waals surface area (Å²) in [6, 6.07) is 11.5. The number of halogens is 1. The summed E-state index contributed by atoms with van der Waals surface area (Å²) in [5.41, 5.74) is 0.796. The average Bonchev–Trinajstić information content (AvgIpc) is 3.42. The van der Waals surface area contributed by atoms with Gasteiger partial charge in [-0.2, -0.15) is 0 Å². The molecule has 0 atom stereocenters. The van der Waals surface area contributed by atoms with E-state index in [0.717, 1.165) is 40.9 Å². The number of fused-ring (bicyclic) bond motifs is 1. The van der Waals surface area contributed by atoms with Gasteiger partial charge in [-0.3, -0.25) is 0 Å². The zero-order chi connectivity index (χ0) is 17.3. The number of anilines is 2. The minimum atomic E-state index is -0.0263. The van der Waals surface area contributed by atoms with Crippen LogP contribution in [0.5, 0.6) is 5.75 Å². The van der Waals surface area contributed by atoms with Crippen molar-refractivity contribution in [3.8, 4) is 5.75 Å². The smallest absolute Gasteiger partial charge is 0.138 e. The Labute approximate surface area is 150 Å². The first kappa shape index (κ1) is 16.1. The number of hydrogen-bond acceptors (Lipinski definition) is 5. The number of aliphatic hydroxyl groups excluding tert-OH is 1. The molecule has 0 spiro atoms. The maximum Gasteiger partial charge on any atom is 0.138 e. The summed E-state index contributed by atoms with van der Waals surface area (Å²) in [6.07, 6.45) is 5.49. The minimum absolute atomic E-state index is 0.0263. The SMILES string of the molecule is OCC1(COc2ccc3c(Nc4ccc(Cl)nc4)nccc3c2)CC1. The van der Waals surface area contributed by atoms with E-state index in [9.17, 15) is 5.11 Å². The van der Waals surface area contributed by atoms with Gasteiger partial charge >= 0.3 is 0 Å². The summed E-state index contributed by atoms with van der Waals surface area (Å²) >= 11 is 5.82. The van der Waals surface area contributed by atoms with E-state index in [0.29, 0.717) is 11.8 Å². The number of pyridine rings is 2. The molecule has 0 saturated heterocycles. The third kappa shape index (κ3) is 3.52. The molecular weight excluding hydrogens is 338 g/mol. The van der Waals surface area contributed by atoms with Crippen LogP contribution in [0.25, 0.3) is 10.8 Å². The summed E-state index contributed by atoms with van der Waals surface area (Å²) in [5, 5.41) is 15.1. The molecule has 2 N–H and O–H groups in total. The summed E-state index contributed by atoms with van der Waals surface area (Å²) in [6.45, 7) is 0.745. The predicted octanol–water partition coefficient (Wildman–Crippen LogP) is 4.18.